The van der Waals surface area contributed by atoms with Crippen molar-refractivity contribution in [1.29, 1.82) is 0 Å². The third kappa shape index (κ3) is 1.95. The highest BCUT2D eigenvalue weighted by molar-refractivity contribution is 8.30. The average Bonchev–Trinajstić information content (AvgIpc) is 2.64. The summed E-state index contributed by atoms with van der Waals surface area (Å²) in [4.78, 5) is 7.04. The third-order valence-corrected chi connectivity index (χ3v) is 6.62. The molecule has 0 N–H and O–H groups in total. The summed E-state index contributed by atoms with van der Waals surface area (Å²) < 4.78 is 1.52. The molecule has 2 aliphatic heterocycles. The first kappa shape index (κ1) is 12.8. The predicted molar refractivity (Wildman–Crippen MR) is 88.1 cm³/mol. The van der Waals surface area contributed by atoms with Crippen molar-refractivity contribution in [2.75, 3.05) is 14.1 Å². The Labute approximate surface area is 124 Å². The molecule has 0 atom stereocenters. The molecule has 0 amide bonds. The van der Waals surface area contributed by atoms with E-state index >= 15 is 0 Å². The first-order valence-corrected chi connectivity index (χ1v) is 7.44. The highest BCUT2D eigenvalue weighted by atomic mass is 32.2. The normalized spacial score (nSPS) is 26.4. The number of hydrogen-bond donors (Lipinski definition) is 0. The van der Waals surface area contributed by atoms with Gasteiger partial charge < -0.3 is 9.80 Å². The summed E-state index contributed by atoms with van der Waals surface area (Å²) in [6, 6.07) is 0. The van der Waals surface area contributed by atoms with Crippen molar-refractivity contribution in [2.24, 2.45) is 0 Å². The molecule has 2 rings (SSSR count). The van der Waals surface area contributed by atoms with Crippen molar-refractivity contribution in [3.63, 3.8) is 0 Å². The van der Waals surface area contributed by atoms with Crippen LogP contribution in [0.1, 0.15) is 0 Å². The van der Waals surface area contributed by atoms with Crippen LogP contribution in [0.2, 0.25) is 0 Å². The van der Waals surface area contributed by atoms with Gasteiger partial charge in [0.25, 0.3) is 0 Å². The summed E-state index contributed by atoms with van der Waals surface area (Å²) in [5.74, 6) is 0. The molecule has 8 heteroatoms. The van der Waals surface area contributed by atoms with Crippen LogP contribution in [0.4, 0.5) is 0 Å². The minimum absolute atomic E-state index is 0.734. The molecule has 0 aromatic rings. The number of hydrogen-bond acceptors (Lipinski definition) is 6. The number of rotatable bonds is 0. The molecule has 84 valence electrons. The van der Waals surface area contributed by atoms with Gasteiger partial charge in [0, 0.05) is 14.1 Å². The molecule has 0 spiro atoms. The fraction of sp³-hybridized carbons (Fsp3) is 0.250. The molecule has 16 heavy (non-hydrogen) atoms. The summed E-state index contributed by atoms with van der Waals surface area (Å²) in [6.07, 6.45) is 0. The van der Waals surface area contributed by atoms with E-state index in [0.717, 1.165) is 28.4 Å². The van der Waals surface area contributed by atoms with E-state index in [-0.39, 0.29) is 0 Å². The number of thioether (sulfide) groups is 2. The smallest absolute Gasteiger partial charge is 0.146 e. The summed E-state index contributed by atoms with van der Waals surface area (Å²) >= 11 is 24.0. The van der Waals surface area contributed by atoms with Crippen molar-refractivity contribution in [1.82, 2.24) is 9.80 Å². The van der Waals surface area contributed by atoms with Crippen molar-refractivity contribution >= 4 is 91.0 Å². The second-order valence-corrected chi connectivity index (χ2v) is 7.18. The highest BCUT2D eigenvalue weighted by Crippen LogP contribution is 2.42. The van der Waals surface area contributed by atoms with E-state index in [2.05, 4.69) is 0 Å². The van der Waals surface area contributed by atoms with E-state index in [4.69, 9.17) is 48.9 Å². The van der Waals surface area contributed by atoms with E-state index in [1.54, 1.807) is 0 Å². The number of thiocarbonyl (C=S) groups is 4. The lowest BCUT2D eigenvalue weighted by molar-refractivity contribution is 0.806. The maximum Gasteiger partial charge on any atom is 0.146 e. The summed E-state index contributed by atoms with van der Waals surface area (Å²) in [6.45, 7) is 0. The molecule has 0 radical (unpaired) electrons. The Morgan fingerprint density at radius 3 is 1.25 bits per heavy atom. The van der Waals surface area contributed by atoms with Crippen LogP contribution in [0.15, 0.2) is 9.81 Å². The molecule has 0 unspecified atom stereocenters. The zero-order valence-corrected chi connectivity index (χ0v) is 13.2. The van der Waals surface area contributed by atoms with Crippen LogP contribution in [-0.2, 0) is 0 Å². The van der Waals surface area contributed by atoms with Gasteiger partial charge in [-0.25, -0.2) is 0 Å². The molecular formula is C8H6N2S6. The molecule has 2 fully saturated rings. The Morgan fingerprint density at radius 1 is 0.750 bits per heavy atom. The molecular weight excluding hydrogens is 317 g/mol. The van der Waals surface area contributed by atoms with Gasteiger partial charge in [-0.15, -0.1) is 0 Å². The van der Waals surface area contributed by atoms with Gasteiger partial charge in [0.15, 0.2) is 0 Å². The van der Waals surface area contributed by atoms with E-state index in [9.17, 15) is 0 Å². The van der Waals surface area contributed by atoms with E-state index in [1.807, 2.05) is 23.9 Å². The third-order valence-electron chi connectivity index (χ3n) is 2.13. The van der Waals surface area contributed by atoms with Gasteiger partial charge in [-0.05, 0) is 0 Å². The topological polar surface area (TPSA) is 6.48 Å². The van der Waals surface area contributed by atoms with Gasteiger partial charge in [-0.3, -0.25) is 0 Å². The first-order chi connectivity index (χ1) is 7.43. The molecule has 2 heterocycles. The molecule has 0 aromatic carbocycles. The van der Waals surface area contributed by atoms with Crippen LogP contribution < -0.4 is 0 Å². The zero-order chi connectivity index (χ0) is 12.0. The SMILES string of the molecule is CN1C(=S)S/C(=C2/SC(=S)N(C)C2=S)C1=S. The minimum Gasteiger partial charge on any atom is -0.320 e. The Balaban J connectivity index is 2.45. The fourth-order valence-electron chi connectivity index (χ4n) is 1.16. The van der Waals surface area contributed by atoms with Gasteiger partial charge in [-0.1, -0.05) is 72.4 Å². The largest absolute Gasteiger partial charge is 0.320 e. The Morgan fingerprint density at radius 2 is 1.06 bits per heavy atom. The van der Waals surface area contributed by atoms with E-state index in [1.165, 1.54) is 23.5 Å². The lowest BCUT2D eigenvalue weighted by Gasteiger charge is -2.09. The van der Waals surface area contributed by atoms with E-state index in [0.29, 0.717) is 0 Å². The monoisotopic (exact) mass is 322 g/mol. The molecule has 0 saturated carbocycles. The van der Waals surface area contributed by atoms with Gasteiger partial charge >= 0.3 is 0 Å². The molecule has 0 bridgehead atoms. The standard InChI is InChI=1S/C8H6N2S6/c1-9-5(11)3(15-7(9)13)4-6(12)10(2)8(14)16-4/h1-2H3/b4-3+. The maximum atomic E-state index is 5.33. The average molecular weight is 323 g/mol. The quantitative estimate of drug-likeness (QED) is 0.490. The number of likely N-dealkylation sites (N-methyl/N-ethyl adjacent to an activating group) is 2. The molecule has 0 aliphatic carbocycles. The lowest BCUT2D eigenvalue weighted by Crippen LogP contribution is -2.23. The van der Waals surface area contributed by atoms with E-state index < -0.39 is 0 Å². The van der Waals surface area contributed by atoms with Gasteiger partial charge in [-0.2, -0.15) is 0 Å². The van der Waals surface area contributed by atoms with Crippen LogP contribution in [0.25, 0.3) is 0 Å². The Hall–Kier alpha value is 0.400. The fourth-order valence-corrected chi connectivity index (χ4v) is 4.72. The summed E-state index contributed by atoms with van der Waals surface area (Å²) in [5, 5.41) is 0. The lowest BCUT2D eigenvalue weighted by atomic mass is 10.4. The zero-order valence-electron chi connectivity index (χ0n) is 8.34. The van der Waals surface area contributed by atoms with Gasteiger partial charge in [0.2, 0.25) is 0 Å². The van der Waals surface area contributed by atoms with Gasteiger partial charge in [0.1, 0.15) is 18.6 Å². The van der Waals surface area contributed by atoms with Crippen LogP contribution in [0, 0.1) is 0 Å². The summed E-state index contributed by atoms with van der Waals surface area (Å²) in [7, 11) is 3.74. The molecule has 2 nitrogen and oxygen atoms in total. The molecule has 0 aromatic heterocycles. The molecule has 2 saturated heterocycles. The first-order valence-electron chi connectivity index (χ1n) is 4.17. The van der Waals surface area contributed by atoms with Crippen LogP contribution in [-0.4, -0.2) is 42.5 Å². The second kappa shape index (κ2) is 4.58. The summed E-state index contributed by atoms with van der Waals surface area (Å²) in [5.41, 5.74) is 0. The predicted octanol–water partition coefficient (Wildman–Crippen LogP) is 2.78. The number of nitrogens with zero attached hydrogens (tertiary/aromatic N) is 2. The minimum atomic E-state index is 0.734. The second-order valence-electron chi connectivity index (χ2n) is 3.12. The highest BCUT2D eigenvalue weighted by Gasteiger charge is 2.35. The maximum absolute atomic E-state index is 5.33. The van der Waals surface area contributed by atoms with Crippen molar-refractivity contribution in [2.45, 2.75) is 0 Å². The van der Waals surface area contributed by atoms with Gasteiger partial charge in [0.05, 0.1) is 9.81 Å². The van der Waals surface area contributed by atoms with Crippen LogP contribution >= 0.6 is 72.4 Å². The van der Waals surface area contributed by atoms with Crippen molar-refractivity contribution in [3.05, 3.63) is 9.81 Å². The van der Waals surface area contributed by atoms with Crippen molar-refractivity contribution < 1.29 is 0 Å². The van der Waals surface area contributed by atoms with Crippen LogP contribution in [0.3, 0.4) is 0 Å². The molecule has 2 aliphatic rings. The Kier molecular flexibility index (Phi) is 3.68. The van der Waals surface area contributed by atoms with Crippen LogP contribution in [0.5, 0.6) is 0 Å². The van der Waals surface area contributed by atoms with Crippen molar-refractivity contribution in [3.8, 4) is 0 Å². The Bertz CT molecular complexity index is 423.